The second-order valence-electron chi connectivity index (χ2n) is 6.91. The maximum atomic E-state index is 12.8. The summed E-state index contributed by atoms with van der Waals surface area (Å²) < 4.78 is 32.1. The summed E-state index contributed by atoms with van der Waals surface area (Å²) in [6, 6.07) is 9.93. The van der Waals surface area contributed by atoms with Crippen LogP contribution in [0.15, 0.2) is 41.3 Å². The number of morpholine rings is 1. The third kappa shape index (κ3) is 3.60. The van der Waals surface area contributed by atoms with E-state index in [-0.39, 0.29) is 29.4 Å². The summed E-state index contributed by atoms with van der Waals surface area (Å²) in [5.74, 6) is 0. The van der Waals surface area contributed by atoms with Crippen molar-refractivity contribution in [3.8, 4) is 0 Å². The van der Waals surface area contributed by atoms with E-state index in [2.05, 4.69) is 5.32 Å². The van der Waals surface area contributed by atoms with Crippen LogP contribution >= 0.6 is 0 Å². The Labute approximate surface area is 163 Å². The van der Waals surface area contributed by atoms with E-state index in [1.165, 1.54) is 27.6 Å². The van der Waals surface area contributed by atoms with Gasteiger partial charge in [-0.3, -0.25) is 10.1 Å². The number of sulfonamides is 1. The summed E-state index contributed by atoms with van der Waals surface area (Å²) >= 11 is 0. The first-order chi connectivity index (χ1) is 13.4. The minimum atomic E-state index is -3.79. The van der Waals surface area contributed by atoms with Gasteiger partial charge in [0.15, 0.2) is 0 Å². The molecule has 0 unspecified atom stereocenters. The van der Waals surface area contributed by atoms with Gasteiger partial charge >= 0.3 is 0 Å². The number of nitrogens with zero attached hydrogens (tertiary/aromatic N) is 2. The quantitative estimate of drug-likeness (QED) is 0.608. The Bertz CT molecular complexity index is 1020. The van der Waals surface area contributed by atoms with Crippen molar-refractivity contribution in [2.24, 2.45) is 0 Å². The van der Waals surface area contributed by atoms with Crippen molar-refractivity contribution in [1.29, 1.82) is 0 Å². The Morgan fingerprint density at radius 2 is 1.79 bits per heavy atom. The lowest BCUT2D eigenvalue weighted by molar-refractivity contribution is -0.384. The second-order valence-corrected chi connectivity index (χ2v) is 8.85. The first kappa shape index (κ1) is 18.9. The van der Waals surface area contributed by atoms with Crippen LogP contribution in [0, 0.1) is 10.1 Å². The third-order valence-corrected chi connectivity index (χ3v) is 7.05. The Balaban J connectivity index is 1.65. The van der Waals surface area contributed by atoms with Gasteiger partial charge in [-0.2, -0.15) is 4.31 Å². The van der Waals surface area contributed by atoms with Gasteiger partial charge < -0.3 is 10.1 Å². The summed E-state index contributed by atoms with van der Waals surface area (Å²) in [7, 11) is -3.79. The molecule has 0 atom stereocenters. The number of hydrogen-bond acceptors (Lipinski definition) is 6. The minimum absolute atomic E-state index is 0.0828. The van der Waals surface area contributed by atoms with Crippen LogP contribution in [0.25, 0.3) is 0 Å². The summed E-state index contributed by atoms with van der Waals surface area (Å²) in [6.07, 6.45) is 3.18. The van der Waals surface area contributed by atoms with Crippen LogP contribution in [0.3, 0.4) is 0 Å². The average molecular weight is 403 g/mol. The standard InChI is InChI=1S/C19H21N3O5S/c23-22(24)19-13-17(28(25,26)21-8-10-27-11-9-21)6-7-18(19)20-16-5-4-14-2-1-3-15(14)12-16/h4-7,12-13,20H,1-3,8-11H2. The zero-order valence-corrected chi connectivity index (χ0v) is 16.1. The number of nitro groups is 1. The number of nitrogens with one attached hydrogen (secondary N) is 1. The largest absolute Gasteiger partial charge is 0.379 e. The molecule has 0 spiro atoms. The van der Waals surface area contributed by atoms with Gasteiger partial charge in [0.1, 0.15) is 5.69 Å². The Morgan fingerprint density at radius 3 is 2.54 bits per heavy atom. The molecule has 1 fully saturated rings. The van der Waals surface area contributed by atoms with Gasteiger partial charge in [0.05, 0.1) is 23.0 Å². The molecule has 1 aliphatic carbocycles. The molecular formula is C19H21N3O5S. The van der Waals surface area contributed by atoms with E-state index < -0.39 is 14.9 Å². The highest BCUT2D eigenvalue weighted by Gasteiger charge is 2.29. The molecule has 0 radical (unpaired) electrons. The molecule has 1 heterocycles. The zero-order chi connectivity index (χ0) is 19.7. The molecule has 148 valence electrons. The summed E-state index contributed by atoms with van der Waals surface area (Å²) in [5.41, 5.74) is 3.32. The van der Waals surface area contributed by atoms with E-state index in [9.17, 15) is 18.5 Å². The van der Waals surface area contributed by atoms with Gasteiger partial charge in [0, 0.05) is 24.8 Å². The van der Waals surface area contributed by atoms with Crippen LogP contribution < -0.4 is 5.32 Å². The highest BCUT2D eigenvalue weighted by atomic mass is 32.2. The molecular weight excluding hydrogens is 382 g/mol. The fourth-order valence-corrected chi connectivity index (χ4v) is 5.10. The number of anilines is 2. The predicted molar refractivity (Wildman–Crippen MR) is 104 cm³/mol. The predicted octanol–water partition coefficient (Wildman–Crippen LogP) is 2.85. The molecule has 0 bridgehead atoms. The minimum Gasteiger partial charge on any atom is -0.379 e. The molecule has 2 aromatic rings. The van der Waals surface area contributed by atoms with Crippen LogP contribution in [-0.2, 0) is 27.6 Å². The molecule has 28 heavy (non-hydrogen) atoms. The first-order valence-corrected chi connectivity index (χ1v) is 10.6. The number of nitro benzene ring substituents is 1. The molecule has 9 heteroatoms. The smallest absolute Gasteiger partial charge is 0.294 e. The SMILES string of the molecule is O=[N+]([O-])c1cc(S(=O)(=O)N2CCOCC2)ccc1Nc1ccc2c(c1)CCC2. The summed E-state index contributed by atoms with van der Waals surface area (Å²) in [5, 5.41) is 14.7. The van der Waals surface area contributed by atoms with E-state index in [0.717, 1.165) is 31.0 Å². The van der Waals surface area contributed by atoms with E-state index in [4.69, 9.17) is 4.74 Å². The number of hydrogen-bond donors (Lipinski definition) is 1. The molecule has 8 nitrogen and oxygen atoms in total. The lowest BCUT2D eigenvalue weighted by atomic mass is 10.1. The van der Waals surface area contributed by atoms with Crippen molar-refractivity contribution in [1.82, 2.24) is 4.31 Å². The molecule has 0 amide bonds. The number of fused-ring (bicyclic) bond motifs is 1. The maximum absolute atomic E-state index is 12.8. The summed E-state index contributed by atoms with van der Waals surface area (Å²) in [4.78, 5) is 10.9. The third-order valence-electron chi connectivity index (χ3n) is 5.15. The van der Waals surface area contributed by atoms with E-state index in [0.29, 0.717) is 13.2 Å². The number of ether oxygens (including phenoxy) is 1. The van der Waals surface area contributed by atoms with Crippen molar-refractivity contribution in [2.45, 2.75) is 24.2 Å². The molecule has 2 aromatic carbocycles. The van der Waals surface area contributed by atoms with Crippen molar-refractivity contribution in [3.63, 3.8) is 0 Å². The van der Waals surface area contributed by atoms with Crippen LogP contribution in [0.2, 0.25) is 0 Å². The van der Waals surface area contributed by atoms with Crippen molar-refractivity contribution < 1.29 is 18.1 Å². The van der Waals surface area contributed by atoms with Gasteiger partial charge in [-0.15, -0.1) is 0 Å². The van der Waals surface area contributed by atoms with Gasteiger partial charge in [0.2, 0.25) is 10.0 Å². The summed E-state index contributed by atoms with van der Waals surface area (Å²) in [6.45, 7) is 1.12. The van der Waals surface area contributed by atoms with Crippen molar-refractivity contribution >= 4 is 27.1 Å². The molecule has 1 N–H and O–H groups in total. The second kappa shape index (κ2) is 7.50. The Kier molecular flexibility index (Phi) is 5.05. The zero-order valence-electron chi connectivity index (χ0n) is 15.3. The normalized spacial score (nSPS) is 17.3. The molecule has 1 saturated heterocycles. The van der Waals surface area contributed by atoms with E-state index in [1.807, 2.05) is 18.2 Å². The van der Waals surface area contributed by atoms with Crippen LogP contribution in [0.4, 0.5) is 17.1 Å². The average Bonchev–Trinajstić information content (AvgIpc) is 3.16. The molecule has 4 rings (SSSR count). The van der Waals surface area contributed by atoms with Gasteiger partial charge in [-0.1, -0.05) is 6.07 Å². The Hall–Kier alpha value is -2.49. The highest BCUT2D eigenvalue weighted by molar-refractivity contribution is 7.89. The van der Waals surface area contributed by atoms with Crippen LogP contribution in [0.1, 0.15) is 17.5 Å². The Morgan fingerprint density at radius 1 is 1.04 bits per heavy atom. The number of rotatable bonds is 5. The number of benzene rings is 2. The monoisotopic (exact) mass is 403 g/mol. The molecule has 2 aliphatic rings. The topological polar surface area (TPSA) is 102 Å². The van der Waals surface area contributed by atoms with Gasteiger partial charge in [-0.25, -0.2) is 8.42 Å². The van der Waals surface area contributed by atoms with Crippen molar-refractivity contribution in [3.05, 3.63) is 57.6 Å². The molecule has 1 aliphatic heterocycles. The van der Waals surface area contributed by atoms with E-state index >= 15 is 0 Å². The van der Waals surface area contributed by atoms with Crippen molar-refractivity contribution in [2.75, 3.05) is 31.6 Å². The molecule has 0 saturated carbocycles. The van der Waals surface area contributed by atoms with Crippen LogP contribution in [0.5, 0.6) is 0 Å². The van der Waals surface area contributed by atoms with E-state index in [1.54, 1.807) is 0 Å². The highest BCUT2D eigenvalue weighted by Crippen LogP contribution is 2.33. The number of aryl methyl sites for hydroxylation is 2. The van der Waals surface area contributed by atoms with Crippen LogP contribution in [-0.4, -0.2) is 43.9 Å². The lowest BCUT2D eigenvalue weighted by Gasteiger charge is -2.26. The fourth-order valence-electron chi connectivity index (χ4n) is 3.67. The van der Waals surface area contributed by atoms with Gasteiger partial charge in [0.25, 0.3) is 5.69 Å². The molecule has 0 aromatic heterocycles. The first-order valence-electron chi connectivity index (χ1n) is 9.20. The van der Waals surface area contributed by atoms with Gasteiger partial charge in [-0.05, 0) is 54.7 Å². The maximum Gasteiger partial charge on any atom is 0.294 e. The fraction of sp³-hybridized carbons (Fsp3) is 0.368. The lowest BCUT2D eigenvalue weighted by Crippen LogP contribution is -2.40.